The van der Waals surface area contributed by atoms with Gasteiger partial charge in [0, 0.05) is 0 Å². The van der Waals surface area contributed by atoms with Crippen LogP contribution in [0, 0.1) is 11.8 Å². The molecule has 0 aliphatic heterocycles. The standard InChI is InChI=1S/C27H42O2/c1-3-5-6-7-8-10-22-11-14-24-20-25(16-15-23(24)19-22)27(28)29-26-17-12-21(9-4-2)13-18-26/h15-16,20-22,26H,3-14,17-19H2,1-2H3/t21-,22?,26-. The van der Waals surface area contributed by atoms with E-state index < -0.39 is 0 Å². The van der Waals surface area contributed by atoms with Crippen molar-refractivity contribution in [1.29, 1.82) is 0 Å². The van der Waals surface area contributed by atoms with Crippen LogP contribution in [0.5, 0.6) is 0 Å². The van der Waals surface area contributed by atoms with Crippen molar-refractivity contribution < 1.29 is 9.53 Å². The van der Waals surface area contributed by atoms with Crippen LogP contribution in [0.1, 0.15) is 119 Å². The molecule has 2 aliphatic rings. The monoisotopic (exact) mass is 398 g/mol. The zero-order chi connectivity index (χ0) is 20.5. The Morgan fingerprint density at radius 3 is 2.41 bits per heavy atom. The molecule has 1 fully saturated rings. The molecule has 0 saturated heterocycles. The van der Waals surface area contributed by atoms with Crippen LogP contribution in [0.25, 0.3) is 0 Å². The molecule has 1 aromatic rings. The predicted molar refractivity (Wildman–Crippen MR) is 121 cm³/mol. The van der Waals surface area contributed by atoms with E-state index in [-0.39, 0.29) is 12.1 Å². The van der Waals surface area contributed by atoms with Crippen molar-refractivity contribution in [3.8, 4) is 0 Å². The molecule has 1 atom stereocenters. The fourth-order valence-electron chi connectivity index (χ4n) is 5.41. The van der Waals surface area contributed by atoms with Gasteiger partial charge in [-0.15, -0.1) is 0 Å². The van der Waals surface area contributed by atoms with Crippen molar-refractivity contribution >= 4 is 5.97 Å². The Hall–Kier alpha value is -1.31. The number of esters is 1. The third kappa shape index (κ3) is 6.86. The third-order valence-corrected chi connectivity index (χ3v) is 7.25. The Morgan fingerprint density at radius 2 is 1.66 bits per heavy atom. The number of hydrogen-bond acceptors (Lipinski definition) is 2. The van der Waals surface area contributed by atoms with Crippen molar-refractivity contribution in [2.75, 3.05) is 0 Å². The molecule has 0 heterocycles. The van der Waals surface area contributed by atoms with Gasteiger partial charge in [-0.3, -0.25) is 0 Å². The zero-order valence-corrected chi connectivity index (χ0v) is 18.9. The molecular formula is C27H42O2. The van der Waals surface area contributed by atoms with Gasteiger partial charge in [-0.2, -0.15) is 0 Å². The summed E-state index contributed by atoms with van der Waals surface area (Å²) in [5.74, 6) is 1.57. The van der Waals surface area contributed by atoms with Gasteiger partial charge in [-0.05, 0) is 80.0 Å². The Labute approximate surface area is 178 Å². The molecule has 0 spiro atoms. The number of fused-ring (bicyclic) bond motifs is 1. The molecule has 0 aromatic heterocycles. The van der Waals surface area contributed by atoms with E-state index in [4.69, 9.17) is 4.74 Å². The average Bonchev–Trinajstić information content (AvgIpc) is 2.74. The highest BCUT2D eigenvalue weighted by molar-refractivity contribution is 5.89. The zero-order valence-electron chi connectivity index (χ0n) is 18.9. The Bertz CT molecular complexity index is 627. The molecule has 2 heteroatoms. The van der Waals surface area contributed by atoms with Crippen LogP contribution in [0.3, 0.4) is 0 Å². The van der Waals surface area contributed by atoms with E-state index in [0.29, 0.717) is 0 Å². The van der Waals surface area contributed by atoms with Crippen LogP contribution in [0.4, 0.5) is 0 Å². The van der Waals surface area contributed by atoms with E-state index in [1.807, 2.05) is 6.07 Å². The van der Waals surface area contributed by atoms with E-state index in [9.17, 15) is 4.79 Å². The van der Waals surface area contributed by atoms with E-state index in [2.05, 4.69) is 26.0 Å². The first-order valence-electron chi connectivity index (χ1n) is 12.5. The fourth-order valence-corrected chi connectivity index (χ4v) is 5.41. The van der Waals surface area contributed by atoms with Gasteiger partial charge in [0.15, 0.2) is 0 Å². The van der Waals surface area contributed by atoms with Crippen molar-refractivity contribution in [3.05, 3.63) is 34.9 Å². The van der Waals surface area contributed by atoms with Gasteiger partial charge >= 0.3 is 5.97 Å². The summed E-state index contributed by atoms with van der Waals surface area (Å²) < 4.78 is 5.86. The molecule has 0 bridgehead atoms. The smallest absolute Gasteiger partial charge is 0.338 e. The average molecular weight is 399 g/mol. The fraction of sp³-hybridized carbons (Fsp3) is 0.741. The molecule has 0 radical (unpaired) electrons. The number of aryl methyl sites for hydroxylation is 1. The summed E-state index contributed by atoms with van der Waals surface area (Å²) in [6.07, 6.45) is 19.1. The maximum atomic E-state index is 12.7. The van der Waals surface area contributed by atoms with Gasteiger partial charge in [0.1, 0.15) is 6.10 Å². The second-order valence-electron chi connectivity index (χ2n) is 9.63. The number of benzene rings is 1. The normalized spacial score (nSPS) is 24.1. The molecule has 1 unspecified atom stereocenters. The summed E-state index contributed by atoms with van der Waals surface area (Å²) in [5, 5.41) is 0. The molecular weight excluding hydrogens is 356 g/mol. The lowest BCUT2D eigenvalue weighted by Crippen LogP contribution is -2.24. The van der Waals surface area contributed by atoms with Crippen LogP contribution < -0.4 is 0 Å². The highest BCUT2D eigenvalue weighted by atomic mass is 16.5. The van der Waals surface area contributed by atoms with Crippen LogP contribution in [0.15, 0.2) is 18.2 Å². The number of ether oxygens (including phenoxy) is 1. The van der Waals surface area contributed by atoms with E-state index in [1.165, 1.54) is 88.2 Å². The van der Waals surface area contributed by atoms with Gasteiger partial charge in [-0.25, -0.2) is 4.79 Å². The SMILES string of the molecule is CCCCCCCC1CCc2cc(C(=O)O[C@H]3CC[C@H](CCC)CC3)ccc2C1. The van der Waals surface area contributed by atoms with Gasteiger partial charge in [-0.1, -0.05) is 71.3 Å². The lowest BCUT2D eigenvalue weighted by atomic mass is 9.80. The molecule has 0 amide bonds. The van der Waals surface area contributed by atoms with Crippen molar-refractivity contribution in [3.63, 3.8) is 0 Å². The minimum Gasteiger partial charge on any atom is -0.459 e. The molecule has 0 N–H and O–H groups in total. The minimum absolute atomic E-state index is 0.107. The van der Waals surface area contributed by atoms with Crippen molar-refractivity contribution in [2.45, 2.75) is 116 Å². The topological polar surface area (TPSA) is 26.3 Å². The quantitative estimate of drug-likeness (QED) is 0.298. The Kier molecular flexibility index (Phi) is 9.08. The summed E-state index contributed by atoms with van der Waals surface area (Å²) in [4.78, 5) is 12.7. The largest absolute Gasteiger partial charge is 0.459 e. The molecule has 1 saturated carbocycles. The highest BCUT2D eigenvalue weighted by Gasteiger charge is 2.25. The highest BCUT2D eigenvalue weighted by Crippen LogP contribution is 2.32. The summed E-state index contributed by atoms with van der Waals surface area (Å²) >= 11 is 0. The van der Waals surface area contributed by atoms with Crippen LogP contribution in [0.2, 0.25) is 0 Å². The van der Waals surface area contributed by atoms with Crippen LogP contribution in [-0.2, 0) is 17.6 Å². The van der Waals surface area contributed by atoms with E-state index in [1.54, 1.807) is 0 Å². The van der Waals surface area contributed by atoms with Gasteiger partial charge < -0.3 is 4.74 Å². The predicted octanol–water partition coefficient (Wildman–Crippen LogP) is 7.67. The summed E-state index contributed by atoms with van der Waals surface area (Å²) in [6.45, 7) is 4.54. The summed E-state index contributed by atoms with van der Waals surface area (Å²) in [6, 6.07) is 6.33. The van der Waals surface area contributed by atoms with Crippen LogP contribution in [-0.4, -0.2) is 12.1 Å². The lowest BCUT2D eigenvalue weighted by Gasteiger charge is -2.28. The van der Waals surface area contributed by atoms with E-state index in [0.717, 1.165) is 36.7 Å². The first kappa shape index (κ1) is 22.4. The third-order valence-electron chi connectivity index (χ3n) is 7.25. The number of carbonyl (C=O) groups excluding carboxylic acids is 1. The molecule has 3 rings (SSSR count). The number of rotatable bonds is 10. The van der Waals surface area contributed by atoms with Gasteiger partial charge in [0.25, 0.3) is 0 Å². The van der Waals surface area contributed by atoms with Crippen LogP contribution >= 0.6 is 0 Å². The first-order valence-corrected chi connectivity index (χ1v) is 12.5. The molecule has 1 aromatic carbocycles. The van der Waals surface area contributed by atoms with E-state index >= 15 is 0 Å². The van der Waals surface area contributed by atoms with Crippen molar-refractivity contribution in [1.82, 2.24) is 0 Å². The number of unbranched alkanes of at least 4 members (excludes halogenated alkanes) is 4. The maximum absolute atomic E-state index is 12.7. The van der Waals surface area contributed by atoms with Crippen molar-refractivity contribution in [2.24, 2.45) is 11.8 Å². The molecule has 2 aliphatic carbocycles. The second kappa shape index (κ2) is 11.8. The number of carbonyl (C=O) groups is 1. The minimum atomic E-state index is -0.107. The lowest BCUT2D eigenvalue weighted by molar-refractivity contribution is 0.0161. The first-order chi connectivity index (χ1) is 14.2. The second-order valence-corrected chi connectivity index (χ2v) is 9.63. The molecule has 2 nitrogen and oxygen atoms in total. The number of hydrogen-bond donors (Lipinski definition) is 0. The van der Waals surface area contributed by atoms with Gasteiger partial charge in [0.2, 0.25) is 0 Å². The Morgan fingerprint density at radius 1 is 0.862 bits per heavy atom. The Balaban J connectivity index is 1.45. The molecule has 29 heavy (non-hydrogen) atoms. The molecule has 162 valence electrons. The van der Waals surface area contributed by atoms with Gasteiger partial charge in [0.05, 0.1) is 5.56 Å². The summed E-state index contributed by atoms with van der Waals surface area (Å²) in [5.41, 5.74) is 3.61. The maximum Gasteiger partial charge on any atom is 0.338 e. The summed E-state index contributed by atoms with van der Waals surface area (Å²) in [7, 11) is 0.